The van der Waals surface area contributed by atoms with Gasteiger partial charge in [0.25, 0.3) is 0 Å². The molecule has 0 aliphatic carbocycles. The van der Waals surface area contributed by atoms with Crippen LogP contribution in [0.15, 0.2) is 18.2 Å². The number of Topliss-reactive ketones (excluding diaryl/α,β-unsaturated/α-hetero) is 1. The summed E-state index contributed by atoms with van der Waals surface area (Å²) in [5.41, 5.74) is 2.74. The average Bonchev–Trinajstić information content (AvgIpc) is 2.88. The number of carbonyl (C=O) groups excluding carboxylic acids is 2. The second-order valence-corrected chi connectivity index (χ2v) is 5.27. The maximum Gasteiger partial charge on any atom is 0.338 e. The van der Waals surface area contributed by atoms with Crippen LogP contribution < -0.4 is 5.32 Å². The molecule has 1 saturated heterocycles. The Hall–Kier alpha value is -1.68. The van der Waals surface area contributed by atoms with Crippen LogP contribution in [-0.4, -0.2) is 31.4 Å². The van der Waals surface area contributed by atoms with Crippen molar-refractivity contribution in [3.05, 3.63) is 34.9 Å². The molecule has 1 N–H and O–H groups in total. The fourth-order valence-corrected chi connectivity index (χ4v) is 2.81. The topological polar surface area (TPSA) is 55.4 Å². The van der Waals surface area contributed by atoms with Crippen molar-refractivity contribution < 1.29 is 14.3 Å². The summed E-state index contributed by atoms with van der Waals surface area (Å²) in [7, 11) is 0. The van der Waals surface area contributed by atoms with Crippen molar-refractivity contribution in [2.75, 3.05) is 19.7 Å². The van der Waals surface area contributed by atoms with E-state index < -0.39 is 0 Å². The molecule has 0 unspecified atom stereocenters. The number of benzene rings is 1. The molecule has 1 heterocycles. The van der Waals surface area contributed by atoms with Crippen molar-refractivity contribution in [2.45, 2.75) is 26.7 Å². The van der Waals surface area contributed by atoms with Gasteiger partial charge in [-0.2, -0.15) is 0 Å². The first kappa shape index (κ1) is 14.7. The molecule has 1 aromatic rings. The van der Waals surface area contributed by atoms with Gasteiger partial charge in [0, 0.05) is 24.9 Å². The Morgan fingerprint density at radius 2 is 2.10 bits per heavy atom. The van der Waals surface area contributed by atoms with Crippen LogP contribution in [0.5, 0.6) is 0 Å². The number of aryl methyl sites for hydroxylation is 1. The van der Waals surface area contributed by atoms with Crippen molar-refractivity contribution in [2.24, 2.45) is 5.92 Å². The fourth-order valence-electron chi connectivity index (χ4n) is 2.81. The van der Waals surface area contributed by atoms with Crippen LogP contribution in [0.25, 0.3) is 0 Å². The normalized spacial score (nSPS) is 21.8. The molecule has 2 rings (SSSR count). The van der Waals surface area contributed by atoms with Crippen LogP contribution in [0, 0.1) is 12.8 Å². The summed E-state index contributed by atoms with van der Waals surface area (Å²) in [5.74, 6) is 0.0213. The minimum Gasteiger partial charge on any atom is -0.462 e. The standard InChI is InChI=1S/C16H21NO3/c1-4-20-16(19)12-6-5-10(2)13(7-12)15-9-17-8-14(15)11(3)18/h5-7,14-15,17H,4,8-9H2,1-3H3/t14-,15-/m1/s1. The Balaban J connectivity index is 2.33. The van der Waals surface area contributed by atoms with Crippen molar-refractivity contribution in [1.82, 2.24) is 5.32 Å². The zero-order valence-corrected chi connectivity index (χ0v) is 12.2. The van der Waals surface area contributed by atoms with Gasteiger partial charge in [-0.1, -0.05) is 6.07 Å². The molecule has 108 valence electrons. The van der Waals surface area contributed by atoms with E-state index in [1.807, 2.05) is 19.1 Å². The summed E-state index contributed by atoms with van der Waals surface area (Å²) in [6, 6.07) is 5.58. The molecule has 1 aromatic carbocycles. The van der Waals surface area contributed by atoms with Gasteiger partial charge in [0.05, 0.1) is 12.2 Å². The number of rotatable bonds is 4. The Morgan fingerprint density at radius 3 is 2.75 bits per heavy atom. The number of ether oxygens (including phenoxy) is 1. The third-order valence-electron chi connectivity index (χ3n) is 3.93. The zero-order valence-electron chi connectivity index (χ0n) is 12.2. The van der Waals surface area contributed by atoms with E-state index in [0.29, 0.717) is 18.7 Å². The molecule has 20 heavy (non-hydrogen) atoms. The molecule has 4 nitrogen and oxygen atoms in total. The summed E-state index contributed by atoms with van der Waals surface area (Å²) >= 11 is 0. The van der Waals surface area contributed by atoms with Gasteiger partial charge in [-0.05, 0) is 44.0 Å². The lowest BCUT2D eigenvalue weighted by atomic mass is 9.84. The molecule has 1 aliphatic heterocycles. The van der Waals surface area contributed by atoms with Gasteiger partial charge in [0.1, 0.15) is 5.78 Å². The quantitative estimate of drug-likeness (QED) is 0.855. The summed E-state index contributed by atoms with van der Waals surface area (Å²) in [6.45, 7) is 7.29. The number of carbonyl (C=O) groups is 2. The van der Waals surface area contributed by atoms with E-state index in [2.05, 4.69) is 5.32 Å². The number of hydrogen-bond acceptors (Lipinski definition) is 4. The predicted molar refractivity (Wildman–Crippen MR) is 76.9 cm³/mol. The summed E-state index contributed by atoms with van der Waals surface area (Å²) in [6.07, 6.45) is 0. The van der Waals surface area contributed by atoms with Gasteiger partial charge in [-0.25, -0.2) is 4.79 Å². The summed E-state index contributed by atoms with van der Waals surface area (Å²) in [4.78, 5) is 23.6. The maximum absolute atomic E-state index is 11.8. The van der Waals surface area contributed by atoms with Crippen molar-refractivity contribution in [1.29, 1.82) is 0 Å². The highest BCUT2D eigenvalue weighted by Crippen LogP contribution is 2.31. The minimum atomic E-state index is -0.306. The second kappa shape index (κ2) is 6.18. The van der Waals surface area contributed by atoms with Crippen LogP contribution in [0.3, 0.4) is 0 Å². The van der Waals surface area contributed by atoms with E-state index in [9.17, 15) is 9.59 Å². The lowest BCUT2D eigenvalue weighted by Gasteiger charge is -2.19. The van der Waals surface area contributed by atoms with Gasteiger partial charge in [-0.3, -0.25) is 4.79 Å². The molecule has 0 aromatic heterocycles. The largest absolute Gasteiger partial charge is 0.462 e. The minimum absolute atomic E-state index is 0.00820. The van der Waals surface area contributed by atoms with Crippen LogP contribution in [0.4, 0.5) is 0 Å². The van der Waals surface area contributed by atoms with Gasteiger partial charge < -0.3 is 10.1 Å². The summed E-state index contributed by atoms with van der Waals surface area (Å²) < 4.78 is 5.04. The Kier molecular flexibility index (Phi) is 4.55. The van der Waals surface area contributed by atoms with Gasteiger partial charge >= 0.3 is 5.97 Å². The van der Waals surface area contributed by atoms with Crippen LogP contribution in [0.1, 0.15) is 41.3 Å². The highest BCUT2D eigenvalue weighted by Gasteiger charge is 2.32. The van der Waals surface area contributed by atoms with E-state index in [1.54, 1.807) is 19.9 Å². The molecule has 1 fully saturated rings. The molecule has 2 atom stereocenters. The number of ketones is 1. The third kappa shape index (κ3) is 2.90. The zero-order chi connectivity index (χ0) is 14.7. The fraction of sp³-hybridized carbons (Fsp3) is 0.500. The molecule has 0 spiro atoms. The van der Waals surface area contributed by atoms with E-state index in [1.165, 1.54) is 0 Å². The Labute approximate surface area is 119 Å². The molecule has 0 saturated carbocycles. The predicted octanol–water partition coefficient (Wildman–Crippen LogP) is 2.06. The molecule has 0 amide bonds. The van der Waals surface area contributed by atoms with Crippen molar-refractivity contribution >= 4 is 11.8 Å². The molecule has 1 aliphatic rings. The van der Waals surface area contributed by atoms with Gasteiger partial charge in [0.2, 0.25) is 0 Å². The summed E-state index contributed by atoms with van der Waals surface area (Å²) in [5, 5.41) is 3.27. The van der Waals surface area contributed by atoms with Crippen LogP contribution in [0.2, 0.25) is 0 Å². The van der Waals surface area contributed by atoms with E-state index in [0.717, 1.165) is 17.7 Å². The van der Waals surface area contributed by atoms with Crippen LogP contribution >= 0.6 is 0 Å². The first-order chi connectivity index (χ1) is 9.54. The monoisotopic (exact) mass is 275 g/mol. The van der Waals surface area contributed by atoms with Crippen molar-refractivity contribution in [3.8, 4) is 0 Å². The van der Waals surface area contributed by atoms with E-state index >= 15 is 0 Å². The number of nitrogens with one attached hydrogen (secondary N) is 1. The smallest absolute Gasteiger partial charge is 0.338 e. The number of esters is 1. The number of hydrogen-bond donors (Lipinski definition) is 1. The first-order valence-electron chi connectivity index (χ1n) is 7.03. The SMILES string of the molecule is CCOC(=O)c1ccc(C)c([C@H]2CNC[C@@H]2C(C)=O)c1. The molecule has 0 radical (unpaired) electrons. The lowest BCUT2D eigenvalue weighted by Crippen LogP contribution is -2.20. The average molecular weight is 275 g/mol. The highest BCUT2D eigenvalue weighted by molar-refractivity contribution is 5.90. The molecular formula is C16H21NO3. The van der Waals surface area contributed by atoms with Gasteiger partial charge in [0.15, 0.2) is 0 Å². The Morgan fingerprint density at radius 1 is 1.35 bits per heavy atom. The molecule has 0 bridgehead atoms. The van der Waals surface area contributed by atoms with Crippen molar-refractivity contribution in [3.63, 3.8) is 0 Å². The first-order valence-corrected chi connectivity index (χ1v) is 7.03. The highest BCUT2D eigenvalue weighted by atomic mass is 16.5. The van der Waals surface area contributed by atoms with E-state index in [-0.39, 0.29) is 23.6 Å². The van der Waals surface area contributed by atoms with Gasteiger partial charge in [-0.15, -0.1) is 0 Å². The molecule has 4 heteroatoms. The maximum atomic E-state index is 11.8. The second-order valence-electron chi connectivity index (χ2n) is 5.27. The van der Waals surface area contributed by atoms with E-state index in [4.69, 9.17) is 4.74 Å². The van der Waals surface area contributed by atoms with Crippen LogP contribution in [-0.2, 0) is 9.53 Å². The lowest BCUT2D eigenvalue weighted by molar-refractivity contribution is -0.120. The molecular weight excluding hydrogens is 254 g/mol. The third-order valence-corrected chi connectivity index (χ3v) is 3.93. The Bertz CT molecular complexity index is 524.